The minimum Gasteiger partial charge on any atom is -0.324 e. The second-order valence-corrected chi connectivity index (χ2v) is 5.62. The van der Waals surface area contributed by atoms with Crippen LogP contribution in [0.4, 0.5) is 0 Å². The summed E-state index contributed by atoms with van der Waals surface area (Å²) in [6.45, 7) is 2.12. The molecule has 2 rings (SSSR count). The summed E-state index contributed by atoms with van der Waals surface area (Å²) < 4.78 is 1.14. The summed E-state index contributed by atoms with van der Waals surface area (Å²) in [4.78, 5) is 0. The normalized spacial score (nSPS) is 18.6. The lowest BCUT2D eigenvalue weighted by Gasteiger charge is -2.28. The number of aryl methyl sites for hydroxylation is 1. The van der Waals surface area contributed by atoms with Gasteiger partial charge in [-0.25, -0.2) is 0 Å². The van der Waals surface area contributed by atoms with Gasteiger partial charge in [-0.05, 0) is 42.5 Å². The first-order chi connectivity index (χ1) is 7.15. The molecule has 0 aromatic heterocycles. The minimum atomic E-state index is 0.214. The molecular formula is C13H18BrN. The fourth-order valence-electron chi connectivity index (χ4n) is 2.20. The Labute approximate surface area is 100 Å². The Morgan fingerprint density at radius 2 is 2.13 bits per heavy atom. The number of nitrogens with two attached hydrogens (primary N) is 1. The largest absolute Gasteiger partial charge is 0.324 e. The SMILES string of the molecule is Cc1cc(Br)cc(C(N)CC2CCC2)c1. The highest BCUT2D eigenvalue weighted by Gasteiger charge is 2.21. The van der Waals surface area contributed by atoms with Crippen molar-refractivity contribution in [1.82, 2.24) is 0 Å². The molecule has 1 fully saturated rings. The van der Waals surface area contributed by atoms with Crippen LogP contribution < -0.4 is 5.73 Å². The van der Waals surface area contributed by atoms with Gasteiger partial charge >= 0.3 is 0 Å². The molecule has 82 valence electrons. The third-order valence-corrected chi connectivity index (χ3v) is 3.76. The summed E-state index contributed by atoms with van der Waals surface area (Å²) in [7, 11) is 0. The summed E-state index contributed by atoms with van der Waals surface area (Å²) in [5.41, 5.74) is 8.78. The van der Waals surface area contributed by atoms with E-state index in [1.54, 1.807) is 0 Å². The number of benzene rings is 1. The molecule has 1 aliphatic rings. The molecule has 1 saturated carbocycles. The molecule has 0 aliphatic heterocycles. The van der Waals surface area contributed by atoms with Crippen LogP contribution in [0.3, 0.4) is 0 Å². The lowest BCUT2D eigenvalue weighted by molar-refractivity contribution is 0.277. The number of hydrogen-bond donors (Lipinski definition) is 1. The zero-order valence-corrected chi connectivity index (χ0v) is 10.8. The molecule has 0 amide bonds. The number of halogens is 1. The molecule has 0 bridgehead atoms. The van der Waals surface area contributed by atoms with Gasteiger partial charge in [-0.15, -0.1) is 0 Å². The van der Waals surface area contributed by atoms with Crippen molar-refractivity contribution in [2.75, 3.05) is 0 Å². The molecule has 0 spiro atoms. The van der Waals surface area contributed by atoms with Gasteiger partial charge in [0, 0.05) is 10.5 Å². The highest BCUT2D eigenvalue weighted by molar-refractivity contribution is 9.10. The quantitative estimate of drug-likeness (QED) is 0.882. The van der Waals surface area contributed by atoms with E-state index in [2.05, 4.69) is 41.1 Å². The second-order valence-electron chi connectivity index (χ2n) is 4.70. The van der Waals surface area contributed by atoms with Gasteiger partial charge in [0.15, 0.2) is 0 Å². The van der Waals surface area contributed by atoms with E-state index in [9.17, 15) is 0 Å². The first-order valence-electron chi connectivity index (χ1n) is 5.68. The maximum absolute atomic E-state index is 6.22. The van der Waals surface area contributed by atoms with Crippen molar-refractivity contribution in [2.24, 2.45) is 11.7 Å². The van der Waals surface area contributed by atoms with E-state index in [1.165, 1.54) is 30.4 Å². The summed E-state index contributed by atoms with van der Waals surface area (Å²) in [5.74, 6) is 0.874. The van der Waals surface area contributed by atoms with Gasteiger partial charge in [-0.3, -0.25) is 0 Å². The van der Waals surface area contributed by atoms with Crippen molar-refractivity contribution in [2.45, 2.75) is 38.6 Å². The second kappa shape index (κ2) is 4.67. The van der Waals surface area contributed by atoms with E-state index in [-0.39, 0.29) is 6.04 Å². The van der Waals surface area contributed by atoms with Crippen LogP contribution in [0, 0.1) is 12.8 Å². The molecule has 1 unspecified atom stereocenters. The first kappa shape index (κ1) is 11.2. The van der Waals surface area contributed by atoms with Gasteiger partial charge in [-0.1, -0.05) is 41.3 Å². The molecule has 1 aromatic rings. The van der Waals surface area contributed by atoms with Crippen molar-refractivity contribution in [3.05, 3.63) is 33.8 Å². The van der Waals surface area contributed by atoms with Crippen LogP contribution in [-0.4, -0.2) is 0 Å². The van der Waals surface area contributed by atoms with Crippen molar-refractivity contribution < 1.29 is 0 Å². The zero-order chi connectivity index (χ0) is 10.8. The van der Waals surface area contributed by atoms with Gasteiger partial charge in [0.1, 0.15) is 0 Å². The third-order valence-electron chi connectivity index (χ3n) is 3.30. The van der Waals surface area contributed by atoms with E-state index in [0.717, 1.165) is 16.8 Å². The smallest absolute Gasteiger partial charge is 0.0297 e. The van der Waals surface area contributed by atoms with Gasteiger partial charge in [0.05, 0.1) is 0 Å². The molecule has 1 nitrogen and oxygen atoms in total. The van der Waals surface area contributed by atoms with E-state index in [0.29, 0.717) is 0 Å². The van der Waals surface area contributed by atoms with Crippen LogP contribution in [0.15, 0.2) is 22.7 Å². The lowest BCUT2D eigenvalue weighted by atomic mass is 9.80. The maximum atomic E-state index is 6.22. The van der Waals surface area contributed by atoms with E-state index >= 15 is 0 Å². The molecule has 1 aliphatic carbocycles. The van der Waals surface area contributed by atoms with Crippen molar-refractivity contribution >= 4 is 15.9 Å². The van der Waals surface area contributed by atoms with E-state index in [1.807, 2.05) is 0 Å². The lowest BCUT2D eigenvalue weighted by Crippen LogP contribution is -2.20. The highest BCUT2D eigenvalue weighted by atomic mass is 79.9. The Hall–Kier alpha value is -0.340. The molecule has 0 radical (unpaired) electrons. The van der Waals surface area contributed by atoms with Crippen LogP contribution in [0.25, 0.3) is 0 Å². The molecule has 0 saturated heterocycles. The number of hydrogen-bond acceptors (Lipinski definition) is 1. The summed E-state index contributed by atoms with van der Waals surface area (Å²) >= 11 is 3.52. The monoisotopic (exact) mass is 267 g/mol. The zero-order valence-electron chi connectivity index (χ0n) is 9.17. The van der Waals surface area contributed by atoms with Crippen molar-refractivity contribution in [3.63, 3.8) is 0 Å². The predicted molar refractivity (Wildman–Crippen MR) is 67.8 cm³/mol. The third kappa shape index (κ3) is 2.82. The average molecular weight is 268 g/mol. The van der Waals surface area contributed by atoms with Crippen molar-refractivity contribution in [3.8, 4) is 0 Å². The fraction of sp³-hybridized carbons (Fsp3) is 0.538. The Kier molecular flexibility index (Phi) is 3.47. The van der Waals surface area contributed by atoms with Crippen LogP contribution in [-0.2, 0) is 0 Å². The Bertz CT molecular complexity index is 324. The number of rotatable bonds is 3. The van der Waals surface area contributed by atoms with Crippen LogP contribution >= 0.6 is 15.9 Å². The van der Waals surface area contributed by atoms with Crippen LogP contribution in [0.1, 0.15) is 42.9 Å². The summed E-state index contributed by atoms with van der Waals surface area (Å²) in [5, 5.41) is 0. The van der Waals surface area contributed by atoms with Gasteiger partial charge in [-0.2, -0.15) is 0 Å². The highest BCUT2D eigenvalue weighted by Crippen LogP contribution is 2.34. The minimum absolute atomic E-state index is 0.214. The molecule has 2 heteroatoms. The average Bonchev–Trinajstić information content (AvgIpc) is 2.09. The molecule has 1 aromatic carbocycles. The maximum Gasteiger partial charge on any atom is 0.0297 e. The van der Waals surface area contributed by atoms with Gasteiger partial charge < -0.3 is 5.73 Å². The predicted octanol–water partition coefficient (Wildman–Crippen LogP) is 3.95. The fourth-order valence-corrected chi connectivity index (χ4v) is 2.83. The molecular weight excluding hydrogens is 250 g/mol. The van der Waals surface area contributed by atoms with E-state index < -0.39 is 0 Å². The van der Waals surface area contributed by atoms with Gasteiger partial charge in [0.2, 0.25) is 0 Å². The van der Waals surface area contributed by atoms with Gasteiger partial charge in [0.25, 0.3) is 0 Å². The van der Waals surface area contributed by atoms with Crippen LogP contribution in [0.5, 0.6) is 0 Å². The Morgan fingerprint density at radius 3 is 2.67 bits per heavy atom. The molecule has 2 N–H and O–H groups in total. The summed E-state index contributed by atoms with van der Waals surface area (Å²) in [6.07, 6.45) is 5.30. The Balaban J connectivity index is 2.06. The van der Waals surface area contributed by atoms with E-state index in [4.69, 9.17) is 5.73 Å². The Morgan fingerprint density at radius 1 is 1.40 bits per heavy atom. The molecule has 15 heavy (non-hydrogen) atoms. The molecule has 0 heterocycles. The van der Waals surface area contributed by atoms with Crippen LogP contribution in [0.2, 0.25) is 0 Å². The topological polar surface area (TPSA) is 26.0 Å². The molecule has 1 atom stereocenters. The first-order valence-corrected chi connectivity index (χ1v) is 6.47. The van der Waals surface area contributed by atoms with Crippen molar-refractivity contribution in [1.29, 1.82) is 0 Å². The summed E-state index contributed by atoms with van der Waals surface area (Å²) in [6, 6.07) is 6.69. The standard InChI is InChI=1S/C13H18BrN/c1-9-5-11(8-12(14)6-9)13(15)7-10-3-2-4-10/h5-6,8,10,13H,2-4,7,15H2,1H3.